The van der Waals surface area contributed by atoms with E-state index in [1.165, 1.54) is 54.6 Å². The van der Waals surface area contributed by atoms with Gasteiger partial charge < -0.3 is 46.6 Å². The van der Waals surface area contributed by atoms with Crippen LogP contribution in [0.4, 0.5) is 17.1 Å². The van der Waals surface area contributed by atoms with Crippen molar-refractivity contribution in [3.05, 3.63) is 144 Å². The molecule has 57 heavy (non-hydrogen) atoms. The number of amides is 3. The van der Waals surface area contributed by atoms with Gasteiger partial charge in [-0.15, -0.1) is 0 Å². The largest absolute Gasteiger partial charge is 0.504 e. The van der Waals surface area contributed by atoms with E-state index in [0.717, 1.165) is 0 Å². The van der Waals surface area contributed by atoms with Crippen LogP contribution in [-0.2, 0) is 0 Å². The molecule has 3 amide bonds. The van der Waals surface area contributed by atoms with Gasteiger partial charge in [0, 0.05) is 33.8 Å². The molecule has 7 aromatic rings. The molecule has 0 bridgehead atoms. The van der Waals surface area contributed by atoms with Crippen molar-refractivity contribution in [2.45, 2.75) is 0 Å². The first-order valence-electron chi connectivity index (χ1n) is 17.0. The van der Waals surface area contributed by atoms with E-state index >= 15 is 0 Å². The predicted molar refractivity (Wildman–Crippen MR) is 209 cm³/mol. The molecular formula is C42H30N6O9. The normalized spacial score (nSPS) is 10.7. The van der Waals surface area contributed by atoms with Gasteiger partial charge in [-0.05, 0) is 109 Å². The monoisotopic (exact) mass is 762 g/mol. The third-order valence-electron chi connectivity index (χ3n) is 8.62. The summed E-state index contributed by atoms with van der Waals surface area (Å²) in [7, 11) is 0. The first-order chi connectivity index (χ1) is 27.4. The Morgan fingerprint density at radius 2 is 0.596 bits per heavy atom. The molecule has 1 heterocycles. The molecule has 0 aliphatic rings. The number of benzene rings is 6. The lowest BCUT2D eigenvalue weighted by molar-refractivity contribution is 0.101. The van der Waals surface area contributed by atoms with E-state index in [2.05, 4.69) is 16.0 Å². The molecule has 1 aromatic heterocycles. The fraction of sp³-hybridized carbons (Fsp3) is 0. The number of nitrogens with one attached hydrogen (secondary N) is 3. The molecule has 0 radical (unpaired) electrons. The minimum absolute atomic E-state index is 0.114. The number of aromatic hydroxyl groups is 6. The standard InChI is InChI=1S/C42H30N6O9/c49-31-7-1-4-28(34(31)52)40(55)43-25-16-10-22(11-17-25)37-46-38(23-12-18-26(19-13-23)44-41(56)29-5-2-8-32(50)35(29)53)48-39(47-37)24-14-20-27(21-15-24)45-42(57)30-6-3-9-33(51)36(30)54/h1-21,49-54H,(H,43,55)(H,44,56)(H,45,57). The van der Waals surface area contributed by atoms with Crippen molar-refractivity contribution in [1.82, 2.24) is 15.0 Å². The van der Waals surface area contributed by atoms with Crippen LogP contribution in [0.5, 0.6) is 34.5 Å². The van der Waals surface area contributed by atoms with Gasteiger partial charge in [-0.25, -0.2) is 15.0 Å². The minimum atomic E-state index is -0.641. The molecule has 15 nitrogen and oxygen atoms in total. The summed E-state index contributed by atoms with van der Waals surface area (Å²) in [5.41, 5.74) is 2.44. The van der Waals surface area contributed by atoms with Crippen molar-refractivity contribution in [3.8, 4) is 68.7 Å². The average molecular weight is 763 g/mol. The van der Waals surface area contributed by atoms with E-state index in [1.807, 2.05) is 0 Å². The molecule has 0 atom stereocenters. The Kier molecular flexibility index (Phi) is 10.0. The summed E-state index contributed by atoms with van der Waals surface area (Å²) >= 11 is 0. The Balaban J connectivity index is 1.18. The first kappa shape index (κ1) is 36.9. The highest BCUT2D eigenvalue weighted by molar-refractivity contribution is 6.08. The van der Waals surface area contributed by atoms with Gasteiger partial charge in [0.15, 0.2) is 52.0 Å². The van der Waals surface area contributed by atoms with Crippen LogP contribution in [0.2, 0.25) is 0 Å². The number of carbonyl (C=O) groups excluding carboxylic acids is 3. The Hall–Kier alpha value is -8.46. The van der Waals surface area contributed by atoms with Gasteiger partial charge in [0.25, 0.3) is 17.7 Å². The fourth-order valence-electron chi connectivity index (χ4n) is 5.61. The van der Waals surface area contributed by atoms with E-state index < -0.39 is 52.2 Å². The molecule has 0 saturated heterocycles. The van der Waals surface area contributed by atoms with Gasteiger partial charge in [-0.3, -0.25) is 14.4 Å². The summed E-state index contributed by atoms with van der Waals surface area (Å²) in [5.74, 6) is -4.09. The maximum Gasteiger partial charge on any atom is 0.259 e. The number of phenols is 6. The van der Waals surface area contributed by atoms with Crippen LogP contribution in [0, 0.1) is 0 Å². The number of rotatable bonds is 9. The third kappa shape index (κ3) is 7.92. The van der Waals surface area contributed by atoms with Gasteiger partial charge in [0.1, 0.15) is 0 Å². The van der Waals surface area contributed by atoms with Gasteiger partial charge in [0.2, 0.25) is 0 Å². The fourth-order valence-corrected chi connectivity index (χ4v) is 5.61. The highest BCUT2D eigenvalue weighted by Gasteiger charge is 2.18. The zero-order valence-corrected chi connectivity index (χ0v) is 29.4. The van der Waals surface area contributed by atoms with E-state index in [1.54, 1.807) is 72.8 Å². The van der Waals surface area contributed by atoms with Crippen molar-refractivity contribution in [2.24, 2.45) is 0 Å². The van der Waals surface area contributed by atoms with Gasteiger partial charge >= 0.3 is 0 Å². The molecule has 0 saturated carbocycles. The van der Waals surface area contributed by atoms with Gasteiger partial charge in [0.05, 0.1) is 16.7 Å². The molecule has 9 N–H and O–H groups in total. The van der Waals surface area contributed by atoms with Crippen LogP contribution in [0.1, 0.15) is 31.1 Å². The van der Waals surface area contributed by atoms with Crippen molar-refractivity contribution in [2.75, 3.05) is 16.0 Å². The van der Waals surface area contributed by atoms with Crippen molar-refractivity contribution in [3.63, 3.8) is 0 Å². The van der Waals surface area contributed by atoms with Crippen molar-refractivity contribution in [1.29, 1.82) is 0 Å². The Morgan fingerprint density at radius 1 is 0.351 bits per heavy atom. The number of carbonyl (C=O) groups is 3. The SMILES string of the molecule is O=C(Nc1ccc(-c2nc(-c3ccc(NC(=O)c4cccc(O)c4O)cc3)nc(-c3ccc(NC(=O)c4cccc(O)c4O)cc3)n2)cc1)c1cccc(O)c1O. The second-order valence-corrected chi connectivity index (χ2v) is 12.4. The van der Waals surface area contributed by atoms with E-state index in [0.29, 0.717) is 33.8 Å². The number of anilines is 3. The molecule has 6 aromatic carbocycles. The van der Waals surface area contributed by atoms with Crippen LogP contribution in [0.15, 0.2) is 127 Å². The van der Waals surface area contributed by atoms with Crippen molar-refractivity contribution < 1.29 is 45.0 Å². The molecule has 0 unspecified atom stereocenters. The molecule has 282 valence electrons. The first-order valence-corrected chi connectivity index (χ1v) is 17.0. The maximum absolute atomic E-state index is 12.8. The summed E-state index contributed by atoms with van der Waals surface area (Å²) in [6.07, 6.45) is 0. The lowest BCUT2D eigenvalue weighted by Gasteiger charge is -2.11. The molecule has 0 aliphatic heterocycles. The highest BCUT2D eigenvalue weighted by Crippen LogP contribution is 2.32. The molecule has 7 rings (SSSR count). The molecule has 0 fully saturated rings. The number of nitrogens with zero attached hydrogens (tertiary/aromatic N) is 3. The Morgan fingerprint density at radius 3 is 0.842 bits per heavy atom. The third-order valence-corrected chi connectivity index (χ3v) is 8.62. The molecule has 15 heteroatoms. The average Bonchev–Trinajstić information content (AvgIpc) is 3.21. The number of phenolic OH excluding ortho intramolecular Hbond substituents is 6. The number of para-hydroxylation sites is 3. The zero-order chi connectivity index (χ0) is 40.2. The van der Waals surface area contributed by atoms with Crippen LogP contribution < -0.4 is 16.0 Å². The molecule has 0 aliphatic carbocycles. The van der Waals surface area contributed by atoms with Crippen LogP contribution in [0.25, 0.3) is 34.2 Å². The quantitative estimate of drug-likeness (QED) is 0.0685. The summed E-state index contributed by atoms with van der Waals surface area (Å²) in [4.78, 5) is 52.5. The van der Waals surface area contributed by atoms with Gasteiger partial charge in [-0.2, -0.15) is 0 Å². The topological polar surface area (TPSA) is 247 Å². The van der Waals surface area contributed by atoms with Crippen LogP contribution >= 0.6 is 0 Å². The second-order valence-electron chi connectivity index (χ2n) is 12.4. The minimum Gasteiger partial charge on any atom is -0.504 e. The summed E-state index contributed by atoms with van der Waals surface area (Å²) in [6, 6.07) is 31.9. The highest BCUT2D eigenvalue weighted by atomic mass is 16.3. The van der Waals surface area contributed by atoms with E-state index in [9.17, 15) is 45.0 Å². The smallest absolute Gasteiger partial charge is 0.259 e. The van der Waals surface area contributed by atoms with Crippen LogP contribution in [-0.4, -0.2) is 63.3 Å². The van der Waals surface area contributed by atoms with E-state index in [4.69, 9.17) is 15.0 Å². The number of hydrogen-bond donors (Lipinski definition) is 9. The predicted octanol–water partition coefficient (Wildman–Crippen LogP) is 6.86. The van der Waals surface area contributed by atoms with E-state index in [-0.39, 0.29) is 34.2 Å². The zero-order valence-electron chi connectivity index (χ0n) is 29.4. The number of aromatic nitrogens is 3. The summed E-state index contributed by atoms with van der Waals surface area (Å²) < 4.78 is 0. The Bertz CT molecular complexity index is 2360. The summed E-state index contributed by atoms with van der Waals surface area (Å²) in [5, 5.41) is 67.7. The lowest BCUT2D eigenvalue weighted by atomic mass is 10.1. The maximum atomic E-state index is 12.8. The van der Waals surface area contributed by atoms with Gasteiger partial charge in [-0.1, -0.05) is 18.2 Å². The lowest BCUT2D eigenvalue weighted by Crippen LogP contribution is -2.12. The second kappa shape index (κ2) is 15.5. The number of hydrogen-bond acceptors (Lipinski definition) is 12. The molecule has 0 spiro atoms. The van der Waals surface area contributed by atoms with Crippen molar-refractivity contribution >= 4 is 34.8 Å². The molecular weight excluding hydrogens is 732 g/mol. The summed E-state index contributed by atoms with van der Waals surface area (Å²) in [6.45, 7) is 0. The Labute approximate surface area is 322 Å². The van der Waals surface area contributed by atoms with Crippen LogP contribution in [0.3, 0.4) is 0 Å².